The SMILES string of the molecule is CCNC(C)C(CC)c1cc(C)cc2ncnn12. The quantitative estimate of drug-likeness (QED) is 0.881. The van der Waals surface area contributed by atoms with Crippen LogP contribution in [0.2, 0.25) is 0 Å². The van der Waals surface area contributed by atoms with Gasteiger partial charge in [-0.15, -0.1) is 0 Å². The first-order chi connectivity index (χ1) is 8.67. The number of aromatic nitrogens is 3. The summed E-state index contributed by atoms with van der Waals surface area (Å²) >= 11 is 0. The summed E-state index contributed by atoms with van der Waals surface area (Å²) in [7, 11) is 0. The zero-order chi connectivity index (χ0) is 13.1. The van der Waals surface area contributed by atoms with E-state index in [9.17, 15) is 0 Å². The fourth-order valence-corrected chi connectivity index (χ4v) is 2.63. The standard InChI is InChI=1S/C14H22N4/c1-5-12(11(4)15-6-2)13-7-10(3)8-14-16-9-17-18(13)14/h7-9,11-12,15H,5-6H2,1-4H3. The number of likely N-dealkylation sites (N-methyl/N-ethyl adjacent to an activating group) is 1. The lowest BCUT2D eigenvalue weighted by atomic mass is 9.93. The van der Waals surface area contributed by atoms with Gasteiger partial charge in [0.25, 0.3) is 0 Å². The minimum absolute atomic E-state index is 0.439. The smallest absolute Gasteiger partial charge is 0.155 e. The van der Waals surface area contributed by atoms with Gasteiger partial charge in [0, 0.05) is 17.7 Å². The Balaban J connectivity index is 2.46. The lowest BCUT2D eigenvalue weighted by Gasteiger charge is -2.24. The van der Waals surface area contributed by atoms with Crippen molar-refractivity contribution in [1.82, 2.24) is 19.9 Å². The van der Waals surface area contributed by atoms with E-state index in [0.717, 1.165) is 18.6 Å². The highest BCUT2D eigenvalue weighted by atomic mass is 15.3. The van der Waals surface area contributed by atoms with Crippen LogP contribution in [0.1, 0.15) is 44.4 Å². The molecule has 2 aromatic heterocycles. The number of hydrogen-bond donors (Lipinski definition) is 1. The van der Waals surface area contributed by atoms with Crippen molar-refractivity contribution in [2.24, 2.45) is 0 Å². The topological polar surface area (TPSA) is 42.2 Å². The molecule has 0 aliphatic heterocycles. The second-order valence-electron chi connectivity index (χ2n) is 4.85. The molecule has 2 aromatic rings. The molecule has 0 saturated carbocycles. The molecule has 18 heavy (non-hydrogen) atoms. The van der Waals surface area contributed by atoms with Gasteiger partial charge in [-0.2, -0.15) is 5.10 Å². The molecule has 98 valence electrons. The fourth-order valence-electron chi connectivity index (χ4n) is 2.63. The Labute approximate surface area is 108 Å². The summed E-state index contributed by atoms with van der Waals surface area (Å²) in [6, 6.07) is 4.74. The molecule has 0 saturated heterocycles. The third-order valence-corrected chi connectivity index (χ3v) is 3.50. The fraction of sp³-hybridized carbons (Fsp3) is 0.571. The summed E-state index contributed by atoms with van der Waals surface area (Å²) in [5.41, 5.74) is 3.43. The molecule has 0 amide bonds. The molecule has 0 aromatic carbocycles. The first-order valence-corrected chi connectivity index (χ1v) is 6.71. The summed E-state index contributed by atoms with van der Waals surface area (Å²) in [6.07, 6.45) is 2.72. The van der Waals surface area contributed by atoms with Crippen LogP contribution in [-0.2, 0) is 0 Å². The highest BCUT2D eigenvalue weighted by Crippen LogP contribution is 2.24. The van der Waals surface area contributed by atoms with Crippen LogP contribution >= 0.6 is 0 Å². The molecule has 2 heterocycles. The predicted molar refractivity (Wildman–Crippen MR) is 73.9 cm³/mol. The van der Waals surface area contributed by atoms with Crippen LogP contribution in [-0.4, -0.2) is 27.2 Å². The van der Waals surface area contributed by atoms with Crippen LogP contribution in [0.5, 0.6) is 0 Å². The van der Waals surface area contributed by atoms with Crippen LogP contribution in [0, 0.1) is 6.92 Å². The normalized spacial score (nSPS) is 14.9. The molecule has 1 N–H and O–H groups in total. The van der Waals surface area contributed by atoms with Crippen molar-refractivity contribution < 1.29 is 0 Å². The van der Waals surface area contributed by atoms with Crippen molar-refractivity contribution in [3.05, 3.63) is 29.7 Å². The third-order valence-electron chi connectivity index (χ3n) is 3.50. The van der Waals surface area contributed by atoms with Gasteiger partial charge < -0.3 is 5.32 Å². The van der Waals surface area contributed by atoms with E-state index in [2.05, 4.69) is 55.2 Å². The molecule has 0 fully saturated rings. The number of nitrogens with one attached hydrogen (secondary N) is 1. The highest BCUT2D eigenvalue weighted by molar-refractivity contribution is 5.42. The van der Waals surface area contributed by atoms with E-state index in [1.807, 2.05) is 4.52 Å². The molecule has 4 nitrogen and oxygen atoms in total. The van der Waals surface area contributed by atoms with Crippen LogP contribution in [0.4, 0.5) is 0 Å². The summed E-state index contributed by atoms with van der Waals surface area (Å²) in [6.45, 7) is 9.71. The number of pyridine rings is 1. The predicted octanol–water partition coefficient (Wildman–Crippen LogP) is 2.53. The second-order valence-corrected chi connectivity index (χ2v) is 4.85. The maximum Gasteiger partial charge on any atom is 0.155 e. The molecule has 2 rings (SSSR count). The zero-order valence-corrected chi connectivity index (χ0v) is 11.6. The van der Waals surface area contributed by atoms with Gasteiger partial charge in [0.2, 0.25) is 0 Å². The van der Waals surface area contributed by atoms with Crippen molar-refractivity contribution in [3.8, 4) is 0 Å². The van der Waals surface area contributed by atoms with Crippen LogP contribution in [0.3, 0.4) is 0 Å². The van der Waals surface area contributed by atoms with Gasteiger partial charge in [-0.25, -0.2) is 9.50 Å². The molecular formula is C14H22N4. The maximum atomic E-state index is 4.35. The van der Waals surface area contributed by atoms with Crippen molar-refractivity contribution in [3.63, 3.8) is 0 Å². The molecule has 2 unspecified atom stereocenters. The van der Waals surface area contributed by atoms with Crippen LogP contribution in [0.25, 0.3) is 5.65 Å². The van der Waals surface area contributed by atoms with E-state index >= 15 is 0 Å². The van der Waals surface area contributed by atoms with Gasteiger partial charge in [-0.3, -0.25) is 0 Å². The van der Waals surface area contributed by atoms with Gasteiger partial charge in [0.1, 0.15) is 6.33 Å². The van der Waals surface area contributed by atoms with Gasteiger partial charge >= 0.3 is 0 Å². The molecule has 0 bridgehead atoms. The van der Waals surface area contributed by atoms with Crippen molar-refractivity contribution >= 4 is 5.65 Å². The Morgan fingerprint density at radius 1 is 1.33 bits per heavy atom. The number of rotatable bonds is 5. The van der Waals surface area contributed by atoms with Crippen molar-refractivity contribution in [1.29, 1.82) is 0 Å². The lowest BCUT2D eigenvalue weighted by Crippen LogP contribution is -2.32. The zero-order valence-electron chi connectivity index (χ0n) is 11.6. The van der Waals surface area contributed by atoms with Gasteiger partial charge in [-0.1, -0.05) is 13.8 Å². The summed E-state index contributed by atoms with van der Waals surface area (Å²) in [4.78, 5) is 4.29. The largest absolute Gasteiger partial charge is 0.314 e. The van der Waals surface area contributed by atoms with E-state index < -0.39 is 0 Å². The minimum Gasteiger partial charge on any atom is -0.314 e. The number of fused-ring (bicyclic) bond motifs is 1. The highest BCUT2D eigenvalue weighted by Gasteiger charge is 2.20. The Hall–Kier alpha value is -1.42. The first kappa shape index (κ1) is 13.0. The van der Waals surface area contributed by atoms with E-state index in [1.54, 1.807) is 6.33 Å². The van der Waals surface area contributed by atoms with Gasteiger partial charge in [0.05, 0.1) is 0 Å². The molecular weight excluding hydrogens is 224 g/mol. The van der Waals surface area contributed by atoms with Crippen LogP contribution < -0.4 is 5.32 Å². The lowest BCUT2D eigenvalue weighted by molar-refractivity contribution is 0.446. The van der Waals surface area contributed by atoms with E-state index in [4.69, 9.17) is 0 Å². The molecule has 2 atom stereocenters. The molecule has 0 aliphatic carbocycles. The van der Waals surface area contributed by atoms with Crippen LogP contribution in [0.15, 0.2) is 18.5 Å². The summed E-state index contributed by atoms with van der Waals surface area (Å²) in [5.74, 6) is 0.453. The first-order valence-electron chi connectivity index (χ1n) is 6.71. The summed E-state index contributed by atoms with van der Waals surface area (Å²) < 4.78 is 1.97. The number of nitrogens with zero attached hydrogens (tertiary/aromatic N) is 3. The minimum atomic E-state index is 0.439. The van der Waals surface area contributed by atoms with E-state index in [1.165, 1.54) is 11.3 Å². The average Bonchev–Trinajstić information content (AvgIpc) is 2.78. The van der Waals surface area contributed by atoms with Crippen molar-refractivity contribution in [2.45, 2.75) is 46.1 Å². The molecule has 4 heteroatoms. The van der Waals surface area contributed by atoms with Gasteiger partial charge in [0.15, 0.2) is 5.65 Å². The molecule has 0 radical (unpaired) electrons. The Bertz CT molecular complexity index is 517. The summed E-state index contributed by atoms with van der Waals surface area (Å²) in [5, 5.41) is 7.86. The number of hydrogen-bond acceptors (Lipinski definition) is 3. The Morgan fingerprint density at radius 2 is 2.11 bits per heavy atom. The maximum absolute atomic E-state index is 4.35. The van der Waals surface area contributed by atoms with Gasteiger partial charge in [-0.05, 0) is 44.5 Å². The van der Waals surface area contributed by atoms with E-state index in [0.29, 0.717) is 12.0 Å². The molecule has 0 aliphatic rings. The Kier molecular flexibility index (Phi) is 3.97. The Morgan fingerprint density at radius 3 is 2.78 bits per heavy atom. The molecule has 0 spiro atoms. The van der Waals surface area contributed by atoms with Crippen molar-refractivity contribution in [2.75, 3.05) is 6.54 Å². The monoisotopic (exact) mass is 246 g/mol. The number of aryl methyl sites for hydroxylation is 1. The third kappa shape index (κ3) is 2.38. The second kappa shape index (κ2) is 5.48. The van der Waals surface area contributed by atoms with E-state index in [-0.39, 0.29) is 0 Å². The average molecular weight is 246 g/mol.